The predicted molar refractivity (Wildman–Crippen MR) is 80.5 cm³/mol. The van der Waals surface area contributed by atoms with E-state index in [-0.39, 0.29) is 10.6 Å². The average Bonchev–Trinajstić information content (AvgIpc) is 2.43. The molecule has 1 aromatic carbocycles. The van der Waals surface area contributed by atoms with E-state index in [1.165, 1.54) is 12.4 Å². The molecule has 1 saturated heterocycles. The first-order valence-corrected chi connectivity index (χ1v) is 7.07. The first-order valence-electron chi connectivity index (χ1n) is 7.07. The third-order valence-corrected chi connectivity index (χ3v) is 3.75. The van der Waals surface area contributed by atoms with Crippen molar-refractivity contribution in [3.05, 3.63) is 34.6 Å². The summed E-state index contributed by atoms with van der Waals surface area (Å²) in [5.41, 5.74) is 0.806. The lowest BCUT2D eigenvalue weighted by Crippen LogP contribution is -2.57. The van der Waals surface area contributed by atoms with Crippen molar-refractivity contribution in [1.29, 1.82) is 0 Å². The van der Waals surface area contributed by atoms with E-state index in [9.17, 15) is 10.1 Å². The Morgan fingerprint density at radius 1 is 1.43 bits per heavy atom. The lowest BCUT2D eigenvalue weighted by molar-refractivity contribution is -0.384. The van der Waals surface area contributed by atoms with E-state index in [4.69, 9.17) is 0 Å². The maximum Gasteiger partial charge on any atom is 0.270 e. The van der Waals surface area contributed by atoms with Crippen molar-refractivity contribution in [1.82, 2.24) is 15.3 Å². The number of non-ortho nitro benzene ring substituents is 1. The van der Waals surface area contributed by atoms with Crippen molar-refractivity contribution in [2.45, 2.75) is 19.4 Å². The number of nitro groups is 1. The number of nitrogens with one attached hydrogen (secondary N) is 1. The van der Waals surface area contributed by atoms with Crippen molar-refractivity contribution in [2.24, 2.45) is 0 Å². The van der Waals surface area contributed by atoms with Crippen LogP contribution in [0.1, 0.15) is 13.3 Å². The average molecular weight is 287 g/mol. The molecule has 1 fully saturated rings. The summed E-state index contributed by atoms with van der Waals surface area (Å²) in [5, 5.41) is 15.0. The van der Waals surface area contributed by atoms with E-state index < -0.39 is 0 Å². The van der Waals surface area contributed by atoms with Crippen molar-refractivity contribution in [3.8, 4) is 0 Å². The summed E-state index contributed by atoms with van der Waals surface area (Å²) in [6, 6.07) is 5.12. The molecular formula is C14H17N5O2. The van der Waals surface area contributed by atoms with E-state index in [0.29, 0.717) is 6.04 Å². The fourth-order valence-corrected chi connectivity index (χ4v) is 2.57. The Balaban J connectivity index is 2.10. The molecule has 0 bridgehead atoms. The minimum Gasteiger partial charge on any atom is -0.350 e. The van der Waals surface area contributed by atoms with Crippen LogP contribution in [-0.4, -0.2) is 40.6 Å². The normalized spacial score (nSPS) is 14.9. The summed E-state index contributed by atoms with van der Waals surface area (Å²) in [7, 11) is 0. The molecule has 0 amide bonds. The van der Waals surface area contributed by atoms with Crippen LogP contribution in [0.4, 0.5) is 11.5 Å². The topological polar surface area (TPSA) is 84.2 Å². The van der Waals surface area contributed by atoms with Crippen LogP contribution in [0, 0.1) is 10.1 Å². The minimum absolute atomic E-state index is 0.0710. The van der Waals surface area contributed by atoms with Crippen LogP contribution in [0.3, 0.4) is 0 Å². The molecule has 1 N–H and O–H groups in total. The van der Waals surface area contributed by atoms with Gasteiger partial charge in [0.15, 0.2) is 0 Å². The fraction of sp³-hybridized carbons (Fsp3) is 0.429. The molecular weight excluding hydrogens is 270 g/mol. The van der Waals surface area contributed by atoms with Gasteiger partial charge >= 0.3 is 0 Å². The Kier molecular flexibility index (Phi) is 3.66. The number of hydrogen-bond acceptors (Lipinski definition) is 6. The number of anilines is 1. The largest absolute Gasteiger partial charge is 0.350 e. The molecule has 0 spiro atoms. The molecule has 7 heteroatoms. The van der Waals surface area contributed by atoms with Gasteiger partial charge in [-0.3, -0.25) is 10.1 Å². The van der Waals surface area contributed by atoms with E-state index >= 15 is 0 Å². The number of benzene rings is 1. The van der Waals surface area contributed by atoms with E-state index in [1.807, 2.05) is 0 Å². The number of rotatable bonds is 5. The molecule has 0 unspecified atom stereocenters. The lowest BCUT2D eigenvalue weighted by atomic mass is 10.1. The molecule has 1 aromatic heterocycles. The van der Waals surface area contributed by atoms with E-state index in [0.717, 1.165) is 42.8 Å². The van der Waals surface area contributed by atoms with Gasteiger partial charge in [-0.15, -0.1) is 0 Å². The minimum atomic E-state index is -0.384. The SMILES string of the molecule is CCCN(c1ncnc2ccc([N+](=O)[O-])cc12)C1CNC1. The Morgan fingerprint density at radius 3 is 2.86 bits per heavy atom. The molecule has 0 radical (unpaired) electrons. The standard InChI is InChI=1S/C14H17N5O2/c1-2-5-18(11-7-15-8-11)14-12-6-10(19(20)21)3-4-13(12)16-9-17-14/h3-4,6,9,11,15H,2,5,7-8H2,1H3. The molecule has 0 saturated carbocycles. The van der Waals surface area contributed by atoms with Gasteiger partial charge in [0, 0.05) is 37.2 Å². The Hall–Kier alpha value is -2.28. The van der Waals surface area contributed by atoms with Gasteiger partial charge in [0.2, 0.25) is 0 Å². The van der Waals surface area contributed by atoms with Gasteiger partial charge in [0.25, 0.3) is 5.69 Å². The van der Waals surface area contributed by atoms with Crippen LogP contribution >= 0.6 is 0 Å². The van der Waals surface area contributed by atoms with Gasteiger partial charge < -0.3 is 10.2 Å². The molecule has 2 heterocycles. The molecule has 0 atom stereocenters. The fourth-order valence-electron chi connectivity index (χ4n) is 2.57. The first kappa shape index (κ1) is 13.7. The second kappa shape index (κ2) is 5.61. The zero-order valence-corrected chi connectivity index (χ0v) is 11.8. The van der Waals surface area contributed by atoms with Gasteiger partial charge in [0.05, 0.1) is 16.5 Å². The van der Waals surface area contributed by atoms with Gasteiger partial charge in [-0.2, -0.15) is 0 Å². The molecule has 7 nitrogen and oxygen atoms in total. The van der Waals surface area contributed by atoms with Crippen molar-refractivity contribution in [2.75, 3.05) is 24.5 Å². The Bertz CT molecular complexity index is 671. The van der Waals surface area contributed by atoms with Crippen LogP contribution in [0.25, 0.3) is 10.9 Å². The number of nitro benzene ring substituents is 1. The van der Waals surface area contributed by atoms with Crippen LogP contribution < -0.4 is 10.2 Å². The van der Waals surface area contributed by atoms with Crippen LogP contribution in [0.15, 0.2) is 24.5 Å². The maximum absolute atomic E-state index is 11.0. The summed E-state index contributed by atoms with van der Waals surface area (Å²) < 4.78 is 0. The number of aromatic nitrogens is 2. The molecule has 3 rings (SSSR count). The highest BCUT2D eigenvalue weighted by Gasteiger charge is 2.26. The second-order valence-corrected chi connectivity index (χ2v) is 5.16. The number of fused-ring (bicyclic) bond motifs is 1. The van der Waals surface area contributed by atoms with Crippen molar-refractivity contribution in [3.63, 3.8) is 0 Å². The highest BCUT2D eigenvalue weighted by molar-refractivity contribution is 5.91. The molecule has 110 valence electrons. The maximum atomic E-state index is 11.0. The smallest absolute Gasteiger partial charge is 0.270 e. The third kappa shape index (κ3) is 2.52. The lowest BCUT2D eigenvalue weighted by Gasteiger charge is -2.39. The molecule has 0 aliphatic carbocycles. The van der Waals surface area contributed by atoms with Gasteiger partial charge in [-0.05, 0) is 12.5 Å². The van der Waals surface area contributed by atoms with Crippen LogP contribution in [0.5, 0.6) is 0 Å². The highest BCUT2D eigenvalue weighted by Crippen LogP contribution is 2.28. The highest BCUT2D eigenvalue weighted by atomic mass is 16.6. The van der Waals surface area contributed by atoms with E-state index in [1.54, 1.807) is 12.1 Å². The summed E-state index contributed by atoms with van der Waals surface area (Å²) in [5.74, 6) is 0.789. The Labute approximate surface area is 122 Å². The van der Waals surface area contributed by atoms with E-state index in [2.05, 4.69) is 27.1 Å². The monoisotopic (exact) mass is 287 g/mol. The zero-order chi connectivity index (χ0) is 14.8. The van der Waals surface area contributed by atoms with Crippen molar-refractivity contribution >= 4 is 22.4 Å². The molecule has 1 aliphatic rings. The third-order valence-electron chi connectivity index (χ3n) is 3.75. The van der Waals surface area contributed by atoms with Crippen LogP contribution in [0.2, 0.25) is 0 Å². The second-order valence-electron chi connectivity index (χ2n) is 5.16. The molecule has 21 heavy (non-hydrogen) atoms. The quantitative estimate of drug-likeness (QED) is 0.666. The number of nitrogens with zero attached hydrogens (tertiary/aromatic N) is 4. The van der Waals surface area contributed by atoms with Crippen LogP contribution in [-0.2, 0) is 0 Å². The molecule has 2 aromatic rings. The van der Waals surface area contributed by atoms with Crippen molar-refractivity contribution < 1.29 is 4.92 Å². The summed E-state index contributed by atoms with van der Waals surface area (Å²) in [6.07, 6.45) is 2.52. The molecule has 1 aliphatic heterocycles. The van der Waals surface area contributed by atoms with Gasteiger partial charge in [0.1, 0.15) is 12.1 Å². The predicted octanol–water partition coefficient (Wildman–Crippen LogP) is 1.73. The summed E-state index contributed by atoms with van der Waals surface area (Å²) in [6.45, 7) is 4.83. The summed E-state index contributed by atoms with van der Waals surface area (Å²) in [4.78, 5) is 21.4. The first-order chi connectivity index (χ1) is 10.2. The Morgan fingerprint density at radius 2 is 2.24 bits per heavy atom. The van der Waals surface area contributed by atoms with Gasteiger partial charge in [-0.1, -0.05) is 6.92 Å². The summed E-state index contributed by atoms with van der Waals surface area (Å²) >= 11 is 0. The number of hydrogen-bond donors (Lipinski definition) is 1. The zero-order valence-electron chi connectivity index (χ0n) is 11.8. The van der Waals surface area contributed by atoms with Gasteiger partial charge in [-0.25, -0.2) is 9.97 Å².